The van der Waals surface area contributed by atoms with Crippen molar-refractivity contribution >= 4 is 44.9 Å². The summed E-state index contributed by atoms with van der Waals surface area (Å²) in [6.07, 6.45) is 0. The van der Waals surface area contributed by atoms with Gasteiger partial charge in [0.15, 0.2) is 6.61 Å². The van der Waals surface area contributed by atoms with Crippen LogP contribution in [0, 0.1) is 6.92 Å². The Labute approximate surface area is 160 Å². The number of fused-ring (bicyclic) bond motifs is 1. The minimum absolute atomic E-state index is 0.0755. The van der Waals surface area contributed by atoms with Gasteiger partial charge in [0.1, 0.15) is 12.3 Å². The van der Waals surface area contributed by atoms with Crippen molar-refractivity contribution in [3.8, 4) is 5.75 Å². The quantitative estimate of drug-likeness (QED) is 0.781. The van der Waals surface area contributed by atoms with E-state index in [1.165, 1.54) is 24.3 Å². The molecule has 142 valence electrons. The molecule has 0 aromatic heterocycles. The molecule has 3 rings (SSSR count). The summed E-state index contributed by atoms with van der Waals surface area (Å²) < 4.78 is 33.0. The normalized spacial score (nSPS) is 13.7. The molecule has 0 saturated heterocycles. The summed E-state index contributed by atoms with van der Waals surface area (Å²) >= 11 is 6.07. The van der Waals surface area contributed by atoms with Crippen LogP contribution in [0.2, 0.25) is 5.02 Å². The Morgan fingerprint density at radius 3 is 2.70 bits per heavy atom. The fourth-order valence-corrected chi connectivity index (χ4v) is 4.00. The monoisotopic (exact) mass is 410 g/mol. The number of rotatable bonds is 5. The molecule has 0 bridgehead atoms. The molecule has 0 radical (unpaired) electrons. The SMILES string of the molecule is Cc1ccc(NS(=O)(=O)c2ccc3c(c2)N(CC(=O)O)C(=O)CO3)c(Cl)c1. The number of nitrogens with one attached hydrogen (secondary N) is 1. The number of carbonyl (C=O) groups is 2. The van der Waals surface area contributed by atoms with Crippen LogP contribution >= 0.6 is 11.6 Å². The van der Waals surface area contributed by atoms with Gasteiger partial charge in [-0.05, 0) is 42.8 Å². The molecule has 10 heteroatoms. The molecule has 0 fully saturated rings. The number of ether oxygens (including phenoxy) is 1. The minimum atomic E-state index is -4.03. The number of aryl methyl sites for hydroxylation is 1. The van der Waals surface area contributed by atoms with Gasteiger partial charge in [0.2, 0.25) is 0 Å². The van der Waals surface area contributed by atoms with Gasteiger partial charge in [-0.15, -0.1) is 0 Å². The van der Waals surface area contributed by atoms with Crippen molar-refractivity contribution in [3.05, 3.63) is 47.0 Å². The molecule has 0 spiro atoms. The van der Waals surface area contributed by atoms with Crippen LogP contribution in [0.3, 0.4) is 0 Å². The number of sulfonamides is 1. The molecule has 0 aliphatic carbocycles. The molecule has 0 unspecified atom stereocenters. The summed E-state index contributed by atoms with van der Waals surface area (Å²) in [6, 6.07) is 8.74. The van der Waals surface area contributed by atoms with Crippen molar-refractivity contribution in [3.63, 3.8) is 0 Å². The number of benzene rings is 2. The third-order valence-corrected chi connectivity index (χ3v) is 5.52. The maximum absolute atomic E-state index is 12.7. The molecule has 1 heterocycles. The van der Waals surface area contributed by atoms with Gasteiger partial charge in [-0.2, -0.15) is 0 Å². The Hall–Kier alpha value is -2.78. The van der Waals surface area contributed by atoms with Gasteiger partial charge >= 0.3 is 5.97 Å². The summed E-state index contributed by atoms with van der Waals surface area (Å²) in [6.45, 7) is 0.904. The average molecular weight is 411 g/mol. The maximum atomic E-state index is 12.7. The lowest BCUT2D eigenvalue weighted by molar-refractivity contribution is -0.137. The molecular weight excluding hydrogens is 396 g/mol. The first-order valence-electron chi connectivity index (χ1n) is 7.75. The van der Waals surface area contributed by atoms with Gasteiger partial charge in [-0.25, -0.2) is 8.42 Å². The van der Waals surface area contributed by atoms with E-state index in [4.69, 9.17) is 21.4 Å². The number of nitrogens with zero attached hydrogens (tertiary/aromatic N) is 1. The number of carboxylic acid groups (broad SMARTS) is 1. The van der Waals surface area contributed by atoms with Crippen LogP contribution in [0.25, 0.3) is 0 Å². The molecular formula is C17H15ClN2O6S. The highest BCUT2D eigenvalue weighted by molar-refractivity contribution is 7.92. The van der Waals surface area contributed by atoms with Crippen LogP contribution in [0.1, 0.15) is 5.56 Å². The van der Waals surface area contributed by atoms with Crippen molar-refractivity contribution in [2.45, 2.75) is 11.8 Å². The number of hydrogen-bond donors (Lipinski definition) is 2. The fourth-order valence-electron chi connectivity index (χ4n) is 2.56. The first-order valence-corrected chi connectivity index (χ1v) is 9.61. The van der Waals surface area contributed by atoms with E-state index in [2.05, 4.69) is 4.72 Å². The van der Waals surface area contributed by atoms with Crippen LogP contribution < -0.4 is 14.4 Å². The van der Waals surface area contributed by atoms with Crippen molar-refractivity contribution in [2.75, 3.05) is 22.8 Å². The molecule has 2 aromatic rings. The third kappa shape index (κ3) is 3.99. The van der Waals surface area contributed by atoms with Gasteiger partial charge in [0.25, 0.3) is 15.9 Å². The summed E-state index contributed by atoms with van der Waals surface area (Å²) in [5.41, 5.74) is 1.15. The lowest BCUT2D eigenvalue weighted by Crippen LogP contribution is -2.42. The summed E-state index contributed by atoms with van der Waals surface area (Å²) in [4.78, 5) is 23.8. The number of halogens is 1. The van der Waals surface area contributed by atoms with Gasteiger partial charge < -0.3 is 9.84 Å². The average Bonchev–Trinajstić information content (AvgIpc) is 2.59. The predicted molar refractivity (Wildman–Crippen MR) is 98.9 cm³/mol. The maximum Gasteiger partial charge on any atom is 0.323 e. The molecule has 2 N–H and O–H groups in total. The summed E-state index contributed by atoms with van der Waals surface area (Å²) in [5, 5.41) is 9.24. The third-order valence-electron chi connectivity index (χ3n) is 3.85. The highest BCUT2D eigenvalue weighted by Crippen LogP contribution is 2.35. The second-order valence-corrected chi connectivity index (χ2v) is 7.97. The van der Waals surface area contributed by atoms with Crippen LogP contribution in [-0.4, -0.2) is 38.6 Å². The van der Waals surface area contributed by atoms with Crippen LogP contribution in [0.4, 0.5) is 11.4 Å². The zero-order chi connectivity index (χ0) is 19.8. The topological polar surface area (TPSA) is 113 Å². The van der Waals surface area contributed by atoms with Crippen LogP contribution in [-0.2, 0) is 19.6 Å². The number of hydrogen-bond acceptors (Lipinski definition) is 5. The molecule has 1 amide bonds. The summed E-state index contributed by atoms with van der Waals surface area (Å²) in [5.74, 6) is -1.58. The Morgan fingerprint density at radius 1 is 1.30 bits per heavy atom. The van der Waals surface area contributed by atoms with E-state index >= 15 is 0 Å². The van der Waals surface area contributed by atoms with Crippen LogP contribution in [0.5, 0.6) is 5.75 Å². The van der Waals surface area contributed by atoms with Crippen molar-refractivity contribution in [1.82, 2.24) is 0 Å². The zero-order valence-corrected chi connectivity index (χ0v) is 15.7. The number of carboxylic acids is 1. The van der Waals surface area contributed by atoms with E-state index in [1.807, 2.05) is 6.92 Å². The molecule has 8 nitrogen and oxygen atoms in total. The van der Waals surface area contributed by atoms with E-state index in [9.17, 15) is 18.0 Å². The van der Waals surface area contributed by atoms with Gasteiger partial charge in [-0.1, -0.05) is 17.7 Å². The zero-order valence-electron chi connectivity index (χ0n) is 14.1. The molecule has 27 heavy (non-hydrogen) atoms. The predicted octanol–water partition coefficient (Wildman–Crippen LogP) is 2.26. The Balaban J connectivity index is 1.98. The van der Waals surface area contributed by atoms with E-state index in [-0.39, 0.29) is 33.6 Å². The van der Waals surface area contributed by atoms with Gasteiger partial charge in [-0.3, -0.25) is 19.2 Å². The van der Waals surface area contributed by atoms with E-state index in [0.29, 0.717) is 0 Å². The molecule has 2 aromatic carbocycles. The molecule has 1 aliphatic heterocycles. The first-order chi connectivity index (χ1) is 12.7. The van der Waals surface area contributed by atoms with Crippen molar-refractivity contribution < 1.29 is 27.9 Å². The van der Waals surface area contributed by atoms with Crippen molar-refractivity contribution in [2.24, 2.45) is 0 Å². The van der Waals surface area contributed by atoms with E-state index in [0.717, 1.165) is 10.5 Å². The Kier molecular flexibility index (Phi) is 4.99. The number of carbonyl (C=O) groups excluding carboxylic acids is 1. The number of anilines is 2. The number of aliphatic carboxylic acids is 1. The highest BCUT2D eigenvalue weighted by atomic mass is 35.5. The number of amides is 1. The highest BCUT2D eigenvalue weighted by Gasteiger charge is 2.29. The lowest BCUT2D eigenvalue weighted by atomic mass is 10.2. The van der Waals surface area contributed by atoms with E-state index in [1.54, 1.807) is 12.1 Å². The fraction of sp³-hybridized carbons (Fsp3) is 0.176. The second-order valence-electron chi connectivity index (χ2n) is 5.88. The first kappa shape index (κ1) is 19.0. The van der Waals surface area contributed by atoms with Gasteiger partial charge in [0.05, 0.1) is 21.3 Å². The summed E-state index contributed by atoms with van der Waals surface area (Å²) in [7, 11) is -4.03. The second kappa shape index (κ2) is 7.09. The van der Waals surface area contributed by atoms with Gasteiger partial charge in [0, 0.05) is 0 Å². The smallest absolute Gasteiger partial charge is 0.323 e. The molecule has 0 atom stereocenters. The van der Waals surface area contributed by atoms with E-state index < -0.39 is 28.4 Å². The molecule has 1 aliphatic rings. The lowest BCUT2D eigenvalue weighted by Gasteiger charge is -2.28. The largest absolute Gasteiger partial charge is 0.482 e. The standard InChI is InChI=1S/C17H15ClN2O6S/c1-10-2-4-13(12(18)6-10)19-27(24,25)11-3-5-15-14(7-11)20(8-17(22)23)16(21)9-26-15/h2-7,19H,8-9H2,1H3,(H,22,23). The van der Waals surface area contributed by atoms with Crippen LogP contribution in [0.15, 0.2) is 41.3 Å². The molecule has 0 saturated carbocycles. The minimum Gasteiger partial charge on any atom is -0.482 e. The van der Waals surface area contributed by atoms with Crippen molar-refractivity contribution in [1.29, 1.82) is 0 Å². The Bertz CT molecular complexity index is 1040. The Morgan fingerprint density at radius 2 is 2.04 bits per heavy atom.